The van der Waals surface area contributed by atoms with Gasteiger partial charge >= 0.3 is 0 Å². The molecule has 1 aromatic rings. The van der Waals surface area contributed by atoms with Crippen molar-refractivity contribution in [3.8, 4) is 0 Å². The third kappa shape index (κ3) is 3.50. The molecule has 0 spiro atoms. The van der Waals surface area contributed by atoms with Gasteiger partial charge in [-0.25, -0.2) is 8.78 Å². The highest BCUT2D eigenvalue weighted by Crippen LogP contribution is 2.14. The Morgan fingerprint density at radius 2 is 1.89 bits per heavy atom. The highest BCUT2D eigenvalue weighted by Gasteiger charge is 2.26. The summed E-state index contributed by atoms with van der Waals surface area (Å²) in [6.45, 7) is 4.80. The minimum atomic E-state index is -0.848. The summed E-state index contributed by atoms with van der Waals surface area (Å²) in [6, 6.07) is 3.45. The Morgan fingerprint density at radius 1 is 1.39 bits per heavy atom. The van der Waals surface area contributed by atoms with Crippen LogP contribution in [-0.2, 0) is 11.2 Å². The number of benzene rings is 1. The van der Waals surface area contributed by atoms with E-state index in [-0.39, 0.29) is 5.56 Å². The third-order valence-corrected chi connectivity index (χ3v) is 2.91. The van der Waals surface area contributed by atoms with E-state index < -0.39 is 35.6 Å². The Hall–Kier alpha value is -1.49. The second-order valence-corrected chi connectivity index (χ2v) is 4.82. The summed E-state index contributed by atoms with van der Waals surface area (Å²) in [5.41, 5.74) is -1.12. The summed E-state index contributed by atoms with van der Waals surface area (Å²) in [7, 11) is 0. The van der Waals surface area contributed by atoms with Gasteiger partial charge in [0, 0.05) is 5.56 Å². The molecule has 0 saturated carbocycles. The number of hydrogen-bond acceptors (Lipinski definition) is 2. The molecule has 0 aliphatic carbocycles. The molecule has 0 radical (unpaired) electrons. The van der Waals surface area contributed by atoms with Gasteiger partial charge in [0.25, 0.3) is 0 Å². The van der Waals surface area contributed by atoms with Gasteiger partial charge in [0.05, 0.1) is 18.1 Å². The lowest BCUT2D eigenvalue weighted by Crippen LogP contribution is -2.51. The van der Waals surface area contributed by atoms with E-state index >= 15 is 0 Å². The quantitative estimate of drug-likeness (QED) is 0.864. The van der Waals surface area contributed by atoms with E-state index in [1.807, 2.05) is 0 Å². The maximum absolute atomic E-state index is 13.3. The van der Waals surface area contributed by atoms with Gasteiger partial charge in [-0.3, -0.25) is 4.79 Å². The van der Waals surface area contributed by atoms with Crippen molar-refractivity contribution < 1.29 is 18.7 Å². The Balaban J connectivity index is 2.77. The van der Waals surface area contributed by atoms with Crippen LogP contribution in [0.25, 0.3) is 0 Å². The Morgan fingerprint density at radius 3 is 2.33 bits per heavy atom. The van der Waals surface area contributed by atoms with E-state index in [1.54, 1.807) is 13.8 Å². The molecule has 0 fully saturated rings. The Labute approximate surface area is 105 Å². The van der Waals surface area contributed by atoms with Gasteiger partial charge in [0.2, 0.25) is 5.91 Å². The van der Waals surface area contributed by atoms with Gasteiger partial charge < -0.3 is 10.4 Å². The number of carbonyl (C=O) groups is 1. The van der Waals surface area contributed by atoms with Crippen molar-refractivity contribution in [3.05, 3.63) is 35.4 Å². The number of halogens is 2. The second-order valence-electron chi connectivity index (χ2n) is 4.82. The first-order chi connectivity index (χ1) is 8.24. The fourth-order valence-electron chi connectivity index (χ4n) is 1.37. The highest BCUT2D eigenvalue weighted by molar-refractivity contribution is 5.79. The number of aliphatic hydroxyl groups is 1. The first-order valence-corrected chi connectivity index (χ1v) is 5.66. The molecule has 0 aliphatic heterocycles. The van der Waals surface area contributed by atoms with E-state index in [9.17, 15) is 18.7 Å². The zero-order chi connectivity index (χ0) is 13.9. The summed E-state index contributed by atoms with van der Waals surface area (Å²) in [5, 5.41) is 12.0. The average molecular weight is 257 g/mol. The van der Waals surface area contributed by atoms with Gasteiger partial charge in [0.15, 0.2) is 0 Å². The molecule has 0 saturated heterocycles. The number of carbonyl (C=O) groups excluding carboxylic acids is 1. The standard InChI is InChI=1S/C13H17F2NO2/c1-8(17)13(2,3)16-12(18)7-9-10(14)5-4-6-11(9)15/h4-6,8,17H,7H2,1-3H3,(H,16,18). The van der Waals surface area contributed by atoms with Gasteiger partial charge in [-0.05, 0) is 32.9 Å². The Bertz CT molecular complexity index is 424. The normalized spacial score (nSPS) is 13.2. The molecule has 1 amide bonds. The van der Waals surface area contributed by atoms with Crippen LogP contribution in [0.1, 0.15) is 26.3 Å². The SMILES string of the molecule is CC(O)C(C)(C)NC(=O)Cc1c(F)cccc1F. The lowest BCUT2D eigenvalue weighted by molar-refractivity contribution is -0.123. The van der Waals surface area contributed by atoms with Crippen LogP contribution >= 0.6 is 0 Å². The van der Waals surface area contributed by atoms with Crippen molar-refractivity contribution in [1.29, 1.82) is 0 Å². The number of aliphatic hydroxyl groups excluding tert-OH is 1. The minimum Gasteiger partial charge on any atom is -0.391 e. The second kappa shape index (κ2) is 5.44. The summed E-state index contributed by atoms with van der Waals surface area (Å²) < 4.78 is 26.7. The molecule has 2 N–H and O–H groups in total. The van der Waals surface area contributed by atoms with E-state index in [4.69, 9.17) is 0 Å². The fraction of sp³-hybridized carbons (Fsp3) is 0.462. The molecule has 1 rings (SSSR count). The molecular weight excluding hydrogens is 240 g/mol. The monoisotopic (exact) mass is 257 g/mol. The molecule has 5 heteroatoms. The predicted molar refractivity (Wildman–Crippen MR) is 64.0 cm³/mol. The van der Waals surface area contributed by atoms with Gasteiger partial charge in [-0.15, -0.1) is 0 Å². The van der Waals surface area contributed by atoms with Crippen LogP contribution in [0.2, 0.25) is 0 Å². The number of hydrogen-bond donors (Lipinski definition) is 2. The van der Waals surface area contributed by atoms with Crippen molar-refractivity contribution in [1.82, 2.24) is 5.32 Å². The molecule has 0 heterocycles. The first-order valence-electron chi connectivity index (χ1n) is 5.66. The molecule has 18 heavy (non-hydrogen) atoms. The van der Waals surface area contributed by atoms with Crippen LogP contribution in [0, 0.1) is 11.6 Å². The molecule has 100 valence electrons. The molecule has 1 aromatic carbocycles. The van der Waals surface area contributed by atoms with Crippen LogP contribution < -0.4 is 5.32 Å². The van der Waals surface area contributed by atoms with E-state index in [0.717, 1.165) is 12.1 Å². The molecule has 1 atom stereocenters. The number of nitrogens with one attached hydrogen (secondary N) is 1. The molecule has 0 aromatic heterocycles. The third-order valence-electron chi connectivity index (χ3n) is 2.91. The van der Waals surface area contributed by atoms with E-state index in [1.165, 1.54) is 13.0 Å². The van der Waals surface area contributed by atoms with E-state index in [0.29, 0.717) is 0 Å². The minimum absolute atomic E-state index is 0.267. The van der Waals surface area contributed by atoms with Crippen LogP contribution in [0.3, 0.4) is 0 Å². The van der Waals surface area contributed by atoms with E-state index in [2.05, 4.69) is 5.32 Å². The van der Waals surface area contributed by atoms with Gasteiger partial charge in [-0.1, -0.05) is 6.07 Å². The van der Waals surface area contributed by atoms with Crippen LogP contribution in [0.15, 0.2) is 18.2 Å². The zero-order valence-electron chi connectivity index (χ0n) is 10.6. The predicted octanol–water partition coefficient (Wildman–Crippen LogP) is 1.78. The lowest BCUT2D eigenvalue weighted by Gasteiger charge is -2.29. The van der Waals surface area contributed by atoms with Gasteiger partial charge in [-0.2, -0.15) is 0 Å². The number of amides is 1. The maximum Gasteiger partial charge on any atom is 0.225 e. The molecule has 0 aliphatic rings. The highest BCUT2D eigenvalue weighted by atomic mass is 19.1. The lowest BCUT2D eigenvalue weighted by atomic mass is 9.98. The maximum atomic E-state index is 13.3. The summed E-state index contributed by atoms with van der Waals surface area (Å²) >= 11 is 0. The smallest absolute Gasteiger partial charge is 0.225 e. The van der Waals surface area contributed by atoms with Crippen molar-refractivity contribution in [2.24, 2.45) is 0 Å². The fourth-order valence-corrected chi connectivity index (χ4v) is 1.37. The summed E-state index contributed by atoms with van der Waals surface area (Å²) in [4.78, 5) is 11.7. The van der Waals surface area contributed by atoms with Crippen molar-refractivity contribution in [3.63, 3.8) is 0 Å². The number of rotatable bonds is 4. The molecule has 1 unspecified atom stereocenters. The Kier molecular flexibility index (Phi) is 4.40. The van der Waals surface area contributed by atoms with Crippen LogP contribution in [0.5, 0.6) is 0 Å². The topological polar surface area (TPSA) is 49.3 Å². The van der Waals surface area contributed by atoms with Crippen LogP contribution in [-0.4, -0.2) is 22.7 Å². The van der Waals surface area contributed by atoms with Crippen molar-refractivity contribution in [2.45, 2.75) is 38.8 Å². The average Bonchev–Trinajstić information content (AvgIpc) is 2.22. The molecular formula is C13H17F2NO2. The van der Waals surface area contributed by atoms with Crippen LogP contribution in [0.4, 0.5) is 8.78 Å². The first kappa shape index (κ1) is 14.6. The largest absolute Gasteiger partial charge is 0.391 e. The van der Waals surface area contributed by atoms with Crippen molar-refractivity contribution in [2.75, 3.05) is 0 Å². The van der Waals surface area contributed by atoms with Crippen molar-refractivity contribution >= 4 is 5.91 Å². The molecule has 3 nitrogen and oxygen atoms in total. The molecule has 0 bridgehead atoms. The summed E-state index contributed by atoms with van der Waals surface area (Å²) in [5.74, 6) is -2.04. The van der Waals surface area contributed by atoms with Gasteiger partial charge in [0.1, 0.15) is 11.6 Å². The summed E-state index contributed by atoms with van der Waals surface area (Å²) in [6.07, 6.45) is -1.17. The zero-order valence-corrected chi connectivity index (χ0v) is 10.6.